The highest BCUT2D eigenvalue weighted by Crippen LogP contribution is 2.16. The minimum Gasteiger partial charge on any atom is -0.376 e. The lowest BCUT2D eigenvalue weighted by molar-refractivity contribution is -0.00279. The third-order valence-corrected chi connectivity index (χ3v) is 2.22. The van der Waals surface area contributed by atoms with Crippen molar-refractivity contribution in [3.05, 3.63) is 0 Å². The van der Waals surface area contributed by atoms with Gasteiger partial charge in [0.05, 0.1) is 24.8 Å². The third-order valence-electron chi connectivity index (χ3n) is 1.31. The van der Waals surface area contributed by atoms with Gasteiger partial charge in [-0.3, -0.25) is 0 Å². The molecule has 0 bridgehead atoms. The molecule has 0 aromatic heterocycles. The molecule has 1 atom stereocenters. The van der Waals surface area contributed by atoms with Gasteiger partial charge in [-0.05, 0) is 13.8 Å². The van der Waals surface area contributed by atoms with Gasteiger partial charge in [-0.25, -0.2) is 0 Å². The molecule has 0 amide bonds. The van der Waals surface area contributed by atoms with Crippen LogP contribution in [0.4, 0.5) is 0 Å². The molecule has 0 N–H and O–H groups in total. The second kappa shape index (κ2) is 4.21. The van der Waals surface area contributed by atoms with Gasteiger partial charge in [0.25, 0.3) is 0 Å². The van der Waals surface area contributed by atoms with Gasteiger partial charge < -0.3 is 9.47 Å². The van der Waals surface area contributed by atoms with Crippen molar-refractivity contribution in [1.29, 1.82) is 0 Å². The minimum atomic E-state index is 0.328. The second-order valence-electron chi connectivity index (χ2n) is 2.66. The van der Waals surface area contributed by atoms with Crippen LogP contribution in [0.3, 0.4) is 0 Å². The van der Waals surface area contributed by atoms with E-state index < -0.39 is 0 Å². The molecule has 1 heterocycles. The van der Waals surface area contributed by atoms with Crippen LogP contribution >= 0.6 is 11.8 Å². The molecule has 0 aromatic rings. The number of rotatable bonds is 3. The predicted octanol–water partition coefficient (Wildman–Crippen LogP) is 1.50. The van der Waals surface area contributed by atoms with Crippen molar-refractivity contribution in [3.63, 3.8) is 0 Å². The Hall–Kier alpha value is 0.270. The van der Waals surface area contributed by atoms with Gasteiger partial charge in [0.15, 0.2) is 0 Å². The maximum Gasteiger partial charge on any atom is 0.0927 e. The fourth-order valence-electron chi connectivity index (χ4n) is 0.768. The Morgan fingerprint density at radius 1 is 1.70 bits per heavy atom. The maximum absolute atomic E-state index is 5.39. The number of ether oxygens (including phenoxy) is 2. The molecule has 1 saturated heterocycles. The van der Waals surface area contributed by atoms with Crippen molar-refractivity contribution in [3.8, 4) is 0 Å². The highest BCUT2D eigenvalue weighted by molar-refractivity contribution is 7.99. The molecule has 3 heteroatoms. The Bertz CT molecular complexity index is 89.6. The van der Waals surface area contributed by atoms with Crippen molar-refractivity contribution in [2.75, 3.05) is 18.3 Å². The normalized spacial score (nSPS) is 26.1. The number of hydrogen-bond acceptors (Lipinski definition) is 3. The molecule has 10 heavy (non-hydrogen) atoms. The molecule has 2 nitrogen and oxygen atoms in total. The summed E-state index contributed by atoms with van der Waals surface area (Å²) in [4.78, 5) is 0. The maximum atomic E-state index is 5.39. The molecule has 0 radical (unpaired) electrons. The Balaban J connectivity index is 2.01. The molecule has 1 fully saturated rings. The summed E-state index contributed by atoms with van der Waals surface area (Å²) in [6.45, 7) is 4.84. The molecule has 1 aliphatic heterocycles. The van der Waals surface area contributed by atoms with E-state index in [2.05, 4.69) is 0 Å². The summed E-state index contributed by atoms with van der Waals surface area (Å²) >= 11 is 1.83. The van der Waals surface area contributed by atoms with E-state index in [1.807, 2.05) is 25.6 Å². The Morgan fingerprint density at radius 2 is 2.50 bits per heavy atom. The average Bonchev–Trinajstić information content (AvgIpc) is 2.34. The van der Waals surface area contributed by atoms with Crippen molar-refractivity contribution in [1.82, 2.24) is 0 Å². The summed E-state index contributed by atoms with van der Waals surface area (Å²) in [7, 11) is 0. The topological polar surface area (TPSA) is 18.5 Å². The van der Waals surface area contributed by atoms with Crippen LogP contribution in [0.2, 0.25) is 0 Å². The molecular weight excluding hydrogens is 148 g/mol. The lowest BCUT2D eigenvalue weighted by Gasteiger charge is -2.11. The van der Waals surface area contributed by atoms with Crippen LogP contribution in [-0.2, 0) is 9.47 Å². The predicted molar refractivity (Wildman–Crippen MR) is 43.3 cm³/mol. The zero-order valence-electron chi connectivity index (χ0n) is 6.50. The van der Waals surface area contributed by atoms with Gasteiger partial charge in [0.2, 0.25) is 0 Å². The van der Waals surface area contributed by atoms with E-state index in [4.69, 9.17) is 9.47 Å². The van der Waals surface area contributed by atoms with Crippen molar-refractivity contribution in [2.24, 2.45) is 0 Å². The molecule has 0 aliphatic carbocycles. The Labute approximate surface area is 66.3 Å². The van der Waals surface area contributed by atoms with E-state index in [0.717, 1.165) is 18.3 Å². The van der Waals surface area contributed by atoms with E-state index in [0.29, 0.717) is 12.2 Å². The SMILES string of the molecule is CC(C)OCC1CSCO1. The summed E-state index contributed by atoms with van der Waals surface area (Å²) in [5.74, 6) is 1.93. The fraction of sp³-hybridized carbons (Fsp3) is 1.00. The van der Waals surface area contributed by atoms with Gasteiger partial charge in [0.1, 0.15) is 0 Å². The highest BCUT2D eigenvalue weighted by Gasteiger charge is 2.15. The quantitative estimate of drug-likeness (QED) is 0.626. The van der Waals surface area contributed by atoms with Crippen LogP contribution in [-0.4, -0.2) is 30.5 Å². The summed E-state index contributed by atoms with van der Waals surface area (Å²) in [5, 5.41) is 0. The van der Waals surface area contributed by atoms with E-state index in [1.54, 1.807) is 0 Å². The van der Waals surface area contributed by atoms with Crippen LogP contribution in [0.25, 0.3) is 0 Å². The molecule has 1 rings (SSSR count). The smallest absolute Gasteiger partial charge is 0.0927 e. The first-order valence-corrected chi connectivity index (χ1v) is 4.75. The molecule has 60 valence electrons. The molecular formula is C7H14O2S. The van der Waals surface area contributed by atoms with E-state index in [1.165, 1.54) is 0 Å². The van der Waals surface area contributed by atoms with Gasteiger partial charge >= 0.3 is 0 Å². The third kappa shape index (κ3) is 2.90. The molecule has 1 unspecified atom stereocenters. The Morgan fingerprint density at radius 3 is 3.00 bits per heavy atom. The molecule has 0 spiro atoms. The van der Waals surface area contributed by atoms with Gasteiger partial charge in [-0.1, -0.05) is 0 Å². The van der Waals surface area contributed by atoms with Crippen LogP contribution in [0.5, 0.6) is 0 Å². The van der Waals surface area contributed by atoms with Gasteiger partial charge in [-0.15, -0.1) is 11.8 Å². The number of hydrogen-bond donors (Lipinski definition) is 0. The fourth-order valence-corrected chi connectivity index (χ4v) is 1.61. The summed E-state index contributed by atoms with van der Waals surface area (Å²) in [6, 6.07) is 0. The van der Waals surface area contributed by atoms with Crippen LogP contribution in [0.1, 0.15) is 13.8 Å². The number of thioether (sulfide) groups is 1. The highest BCUT2D eigenvalue weighted by atomic mass is 32.2. The first kappa shape index (κ1) is 8.37. The van der Waals surface area contributed by atoms with Gasteiger partial charge in [-0.2, -0.15) is 0 Å². The monoisotopic (exact) mass is 162 g/mol. The Kier molecular flexibility index (Phi) is 3.52. The van der Waals surface area contributed by atoms with Crippen molar-refractivity contribution < 1.29 is 9.47 Å². The van der Waals surface area contributed by atoms with Crippen molar-refractivity contribution in [2.45, 2.75) is 26.1 Å². The van der Waals surface area contributed by atoms with Crippen LogP contribution < -0.4 is 0 Å². The minimum absolute atomic E-state index is 0.328. The summed E-state index contributed by atoms with van der Waals surface area (Å²) < 4.78 is 10.7. The van der Waals surface area contributed by atoms with Gasteiger partial charge in [0, 0.05) is 5.75 Å². The largest absolute Gasteiger partial charge is 0.376 e. The lowest BCUT2D eigenvalue weighted by atomic mass is 10.4. The van der Waals surface area contributed by atoms with E-state index in [-0.39, 0.29) is 0 Å². The first-order valence-electron chi connectivity index (χ1n) is 3.60. The van der Waals surface area contributed by atoms with E-state index in [9.17, 15) is 0 Å². The molecule has 1 aliphatic rings. The lowest BCUT2D eigenvalue weighted by Crippen LogP contribution is -2.19. The van der Waals surface area contributed by atoms with Crippen LogP contribution in [0.15, 0.2) is 0 Å². The average molecular weight is 162 g/mol. The standard InChI is InChI=1S/C7H14O2S/c1-6(2)8-3-7-4-10-5-9-7/h6-7H,3-5H2,1-2H3. The molecule has 0 saturated carbocycles. The summed E-state index contributed by atoms with van der Waals surface area (Å²) in [5.41, 5.74) is 0. The van der Waals surface area contributed by atoms with E-state index >= 15 is 0 Å². The van der Waals surface area contributed by atoms with Crippen molar-refractivity contribution >= 4 is 11.8 Å². The van der Waals surface area contributed by atoms with Crippen LogP contribution in [0, 0.1) is 0 Å². The summed E-state index contributed by atoms with van der Waals surface area (Å²) in [6.07, 6.45) is 0.668. The second-order valence-corrected chi connectivity index (χ2v) is 3.64. The first-order chi connectivity index (χ1) is 4.79. The zero-order chi connectivity index (χ0) is 7.40. The zero-order valence-corrected chi connectivity index (χ0v) is 7.32. The molecule has 0 aromatic carbocycles.